The molecule has 0 spiro atoms. The van der Waals surface area contributed by atoms with Crippen LogP contribution in [0.15, 0.2) is 24.3 Å². The lowest BCUT2D eigenvalue weighted by atomic mass is 9.96. The number of rotatable bonds is 5. The first kappa shape index (κ1) is 12.8. The van der Waals surface area contributed by atoms with Crippen LogP contribution in [-0.4, -0.2) is 13.1 Å². The van der Waals surface area contributed by atoms with Crippen molar-refractivity contribution < 1.29 is 0 Å². The fraction of sp³-hybridized carbons (Fsp3) is 0.500. The molecule has 1 aromatic carbocycles. The van der Waals surface area contributed by atoms with E-state index < -0.39 is 0 Å². The van der Waals surface area contributed by atoms with Crippen LogP contribution < -0.4 is 11.1 Å². The van der Waals surface area contributed by atoms with Crippen molar-refractivity contribution in [3.63, 3.8) is 0 Å². The molecule has 0 aliphatic heterocycles. The molecule has 0 amide bonds. The molecule has 1 aromatic rings. The summed E-state index contributed by atoms with van der Waals surface area (Å²) in [5, 5.41) is 3.43. The highest BCUT2D eigenvalue weighted by Gasteiger charge is 2.10. The number of benzene rings is 1. The van der Waals surface area contributed by atoms with Gasteiger partial charge in [-0.3, -0.25) is 0 Å². The molecule has 2 nitrogen and oxygen atoms in total. The zero-order valence-corrected chi connectivity index (χ0v) is 11.5. The Bertz CT molecular complexity index is 299. The molecule has 0 fully saturated rings. The molecular formula is C12H19IN2. The molecule has 0 saturated carbocycles. The third-order valence-corrected chi connectivity index (χ3v) is 3.31. The van der Waals surface area contributed by atoms with Crippen LogP contribution in [0.5, 0.6) is 0 Å². The second kappa shape index (κ2) is 6.33. The zero-order chi connectivity index (χ0) is 11.3. The highest BCUT2D eigenvalue weighted by atomic mass is 127. The lowest BCUT2D eigenvalue weighted by Gasteiger charge is -2.19. The lowest BCUT2D eigenvalue weighted by Crippen LogP contribution is -2.27. The highest BCUT2D eigenvalue weighted by Crippen LogP contribution is 2.15. The summed E-state index contributed by atoms with van der Waals surface area (Å²) in [4.78, 5) is 0. The summed E-state index contributed by atoms with van der Waals surface area (Å²) < 4.78 is 1.26. The van der Waals surface area contributed by atoms with E-state index in [-0.39, 0.29) is 0 Å². The monoisotopic (exact) mass is 318 g/mol. The average Bonchev–Trinajstić information content (AvgIpc) is 2.18. The first-order valence-corrected chi connectivity index (χ1v) is 6.41. The second-order valence-corrected chi connectivity index (χ2v) is 5.38. The topological polar surface area (TPSA) is 38.0 Å². The predicted molar refractivity (Wildman–Crippen MR) is 75.0 cm³/mol. The van der Waals surface area contributed by atoms with Crippen LogP contribution in [0.25, 0.3) is 0 Å². The third kappa shape index (κ3) is 4.38. The van der Waals surface area contributed by atoms with Crippen molar-refractivity contribution in [1.82, 2.24) is 0 Å². The first-order chi connectivity index (χ1) is 7.13. The van der Waals surface area contributed by atoms with E-state index in [0.29, 0.717) is 11.8 Å². The Morgan fingerprint density at radius 2 is 2.13 bits per heavy atom. The number of nitrogens with one attached hydrogen (secondary N) is 1. The van der Waals surface area contributed by atoms with Crippen molar-refractivity contribution in [2.24, 2.45) is 17.6 Å². The van der Waals surface area contributed by atoms with Gasteiger partial charge in [0.05, 0.1) is 0 Å². The van der Waals surface area contributed by atoms with Gasteiger partial charge in [0.25, 0.3) is 0 Å². The Kier molecular flexibility index (Phi) is 5.39. The molecule has 3 heteroatoms. The van der Waals surface area contributed by atoms with Crippen LogP contribution in [-0.2, 0) is 0 Å². The maximum Gasteiger partial charge on any atom is 0.0350 e. The van der Waals surface area contributed by atoms with Crippen LogP contribution in [0.4, 0.5) is 5.69 Å². The molecule has 0 bridgehead atoms. The SMILES string of the molecule is CC(C)C(CN)CNc1cccc(I)c1. The van der Waals surface area contributed by atoms with Crippen molar-refractivity contribution in [3.05, 3.63) is 27.8 Å². The normalized spacial score (nSPS) is 12.9. The van der Waals surface area contributed by atoms with Gasteiger partial charge in [-0.2, -0.15) is 0 Å². The standard InChI is InChI=1S/C12H19IN2/c1-9(2)10(7-14)8-15-12-5-3-4-11(13)6-12/h3-6,9-10,15H,7-8,14H2,1-2H3. The molecule has 3 N–H and O–H groups in total. The van der Waals surface area contributed by atoms with Crippen LogP contribution in [0, 0.1) is 15.4 Å². The third-order valence-electron chi connectivity index (χ3n) is 2.64. The quantitative estimate of drug-likeness (QED) is 0.819. The lowest BCUT2D eigenvalue weighted by molar-refractivity contribution is 0.413. The maximum absolute atomic E-state index is 5.73. The van der Waals surface area contributed by atoms with Gasteiger partial charge >= 0.3 is 0 Å². The molecule has 0 aliphatic rings. The van der Waals surface area contributed by atoms with Crippen LogP contribution in [0.2, 0.25) is 0 Å². The van der Waals surface area contributed by atoms with E-state index in [4.69, 9.17) is 5.73 Å². The van der Waals surface area contributed by atoms with E-state index in [2.05, 4.69) is 66.0 Å². The smallest absolute Gasteiger partial charge is 0.0350 e. The molecule has 0 aliphatic carbocycles. The number of hydrogen-bond acceptors (Lipinski definition) is 2. The Labute approximate surface area is 106 Å². The first-order valence-electron chi connectivity index (χ1n) is 5.33. The predicted octanol–water partition coefficient (Wildman–Crippen LogP) is 2.93. The van der Waals surface area contributed by atoms with Crippen LogP contribution in [0.3, 0.4) is 0 Å². The van der Waals surface area contributed by atoms with Gasteiger partial charge in [-0.25, -0.2) is 0 Å². The average molecular weight is 318 g/mol. The number of hydrogen-bond donors (Lipinski definition) is 2. The number of halogens is 1. The molecule has 0 aromatic heterocycles. The molecule has 0 saturated heterocycles. The van der Waals surface area contributed by atoms with Gasteiger partial charge in [0.15, 0.2) is 0 Å². The van der Waals surface area contributed by atoms with Crippen molar-refractivity contribution in [1.29, 1.82) is 0 Å². The van der Waals surface area contributed by atoms with E-state index in [1.165, 1.54) is 9.26 Å². The minimum Gasteiger partial charge on any atom is -0.385 e. The van der Waals surface area contributed by atoms with E-state index in [9.17, 15) is 0 Å². The van der Waals surface area contributed by atoms with E-state index in [1.807, 2.05) is 0 Å². The van der Waals surface area contributed by atoms with Gasteiger partial charge in [-0.05, 0) is 59.2 Å². The molecule has 84 valence electrons. The van der Waals surface area contributed by atoms with E-state index in [0.717, 1.165) is 13.1 Å². The van der Waals surface area contributed by atoms with Gasteiger partial charge < -0.3 is 11.1 Å². The molecule has 15 heavy (non-hydrogen) atoms. The fourth-order valence-corrected chi connectivity index (χ4v) is 1.98. The van der Waals surface area contributed by atoms with Crippen LogP contribution >= 0.6 is 22.6 Å². The summed E-state index contributed by atoms with van der Waals surface area (Å²) in [5.74, 6) is 1.17. The second-order valence-electron chi connectivity index (χ2n) is 4.13. The van der Waals surface area contributed by atoms with Gasteiger partial charge in [-0.1, -0.05) is 19.9 Å². The Hall–Kier alpha value is -0.290. The van der Waals surface area contributed by atoms with E-state index >= 15 is 0 Å². The summed E-state index contributed by atoms with van der Waals surface area (Å²) in [5.41, 5.74) is 6.91. The summed E-state index contributed by atoms with van der Waals surface area (Å²) in [6.07, 6.45) is 0. The Morgan fingerprint density at radius 3 is 2.67 bits per heavy atom. The summed E-state index contributed by atoms with van der Waals surface area (Å²) in [6, 6.07) is 8.40. The molecule has 1 unspecified atom stereocenters. The minimum atomic E-state index is 0.544. The molecular weight excluding hydrogens is 299 g/mol. The number of anilines is 1. The van der Waals surface area contributed by atoms with Gasteiger partial charge in [-0.15, -0.1) is 0 Å². The Balaban J connectivity index is 2.49. The molecule has 0 radical (unpaired) electrons. The molecule has 0 heterocycles. The van der Waals surface area contributed by atoms with Crippen LogP contribution in [0.1, 0.15) is 13.8 Å². The van der Waals surface area contributed by atoms with Gasteiger partial charge in [0.2, 0.25) is 0 Å². The molecule has 1 atom stereocenters. The van der Waals surface area contributed by atoms with Crippen molar-refractivity contribution >= 4 is 28.3 Å². The van der Waals surface area contributed by atoms with E-state index in [1.54, 1.807) is 0 Å². The highest BCUT2D eigenvalue weighted by molar-refractivity contribution is 14.1. The summed E-state index contributed by atoms with van der Waals surface area (Å²) in [6.45, 7) is 6.13. The minimum absolute atomic E-state index is 0.544. The van der Waals surface area contributed by atoms with Crippen molar-refractivity contribution in [2.75, 3.05) is 18.4 Å². The summed E-state index contributed by atoms with van der Waals surface area (Å²) >= 11 is 2.32. The van der Waals surface area contributed by atoms with Crippen molar-refractivity contribution in [2.45, 2.75) is 13.8 Å². The summed E-state index contributed by atoms with van der Waals surface area (Å²) in [7, 11) is 0. The molecule has 1 rings (SSSR count). The Morgan fingerprint density at radius 1 is 1.40 bits per heavy atom. The fourth-order valence-electron chi connectivity index (χ4n) is 1.44. The maximum atomic E-state index is 5.73. The largest absolute Gasteiger partial charge is 0.385 e. The van der Waals surface area contributed by atoms with Gasteiger partial charge in [0, 0.05) is 15.8 Å². The zero-order valence-electron chi connectivity index (χ0n) is 9.33. The number of nitrogens with two attached hydrogens (primary N) is 1. The van der Waals surface area contributed by atoms with Gasteiger partial charge in [0.1, 0.15) is 0 Å². The van der Waals surface area contributed by atoms with Crippen molar-refractivity contribution in [3.8, 4) is 0 Å².